The first-order chi connectivity index (χ1) is 15.2. The highest BCUT2D eigenvalue weighted by Crippen LogP contribution is 2.35. The fourth-order valence-electron chi connectivity index (χ4n) is 3.66. The summed E-state index contributed by atoms with van der Waals surface area (Å²) in [6.07, 6.45) is 2.84. The molecule has 1 aromatic carbocycles. The van der Waals surface area contributed by atoms with Crippen LogP contribution in [0.2, 0.25) is 0 Å². The third-order valence-electron chi connectivity index (χ3n) is 5.19. The second kappa shape index (κ2) is 8.31. The Balaban J connectivity index is 1.38. The largest absolute Gasteiger partial charge is 0.486 e. The summed E-state index contributed by atoms with van der Waals surface area (Å²) in [4.78, 5) is 14.9. The maximum absolute atomic E-state index is 14.5. The number of pyridine rings is 1. The lowest BCUT2D eigenvalue weighted by Crippen LogP contribution is -2.43. The molecule has 4 heterocycles. The Morgan fingerprint density at radius 1 is 1.00 bits per heavy atom. The Labute approximate surface area is 177 Å². The van der Waals surface area contributed by atoms with Gasteiger partial charge in [0.2, 0.25) is 5.95 Å². The highest BCUT2D eigenvalue weighted by Gasteiger charge is 2.19. The van der Waals surface area contributed by atoms with Gasteiger partial charge in [-0.1, -0.05) is 0 Å². The van der Waals surface area contributed by atoms with Gasteiger partial charge in [-0.2, -0.15) is 0 Å². The predicted octanol–water partition coefficient (Wildman–Crippen LogP) is 2.77. The van der Waals surface area contributed by atoms with Crippen LogP contribution in [0.1, 0.15) is 0 Å². The summed E-state index contributed by atoms with van der Waals surface area (Å²) in [5.74, 6) is -0.387. The van der Waals surface area contributed by atoms with Gasteiger partial charge in [0.15, 0.2) is 17.4 Å². The van der Waals surface area contributed by atoms with E-state index in [4.69, 9.17) is 4.74 Å². The molecule has 3 aromatic rings. The van der Waals surface area contributed by atoms with Gasteiger partial charge in [0.05, 0.1) is 23.8 Å². The normalized spacial score (nSPS) is 15.6. The second-order valence-electron chi connectivity index (χ2n) is 7.26. The number of nitrogens with one attached hydrogen (secondary N) is 3. The molecule has 2 aromatic heterocycles. The van der Waals surface area contributed by atoms with E-state index in [0.717, 1.165) is 38.1 Å². The lowest BCUT2D eigenvalue weighted by Gasteiger charge is -2.29. The van der Waals surface area contributed by atoms with Crippen LogP contribution in [0.3, 0.4) is 0 Å². The van der Waals surface area contributed by atoms with E-state index >= 15 is 0 Å². The number of piperazine rings is 1. The van der Waals surface area contributed by atoms with Crippen molar-refractivity contribution in [2.24, 2.45) is 0 Å². The van der Waals surface area contributed by atoms with Crippen molar-refractivity contribution in [1.29, 1.82) is 0 Å². The van der Waals surface area contributed by atoms with Crippen molar-refractivity contribution in [3.63, 3.8) is 0 Å². The van der Waals surface area contributed by atoms with E-state index in [9.17, 15) is 8.78 Å². The maximum Gasteiger partial charge on any atom is 0.229 e. The molecule has 0 radical (unpaired) electrons. The van der Waals surface area contributed by atoms with Crippen LogP contribution >= 0.6 is 0 Å². The maximum atomic E-state index is 14.5. The molecule has 0 amide bonds. The number of halogens is 2. The molecule has 0 spiro atoms. The van der Waals surface area contributed by atoms with Crippen molar-refractivity contribution in [2.75, 3.05) is 54.9 Å². The van der Waals surface area contributed by atoms with Gasteiger partial charge in [0.1, 0.15) is 18.1 Å². The second-order valence-corrected chi connectivity index (χ2v) is 7.26. The van der Waals surface area contributed by atoms with Crippen LogP contribution in [0.15, 0.2) is 36.7 Å². The highest BCUT2D eigenvalue weighted by atomic mass is 19.1. The molecule has 1 saturated heterocycles. The lowest BCUT2D eigenvalue weighted by atomic mass is 10.1. The van der Waals surface area contributed by atoms with Gasteiger partial charge >= 0.3 is 0 Å². The number of anilines is 4. The molecule has 1 fully saturated rings. The zero-order chi connectivity index (χ0) is 21.2. The average molecular weight is 425 g/mol. The van der Waals surface area contributed by atoms with Crippen molar-refractivity contribution < 1.29 is 13.5 Å². The van der Waals surface area contributed by atoms with E-state index in [0.29, 0.717) is 30.2 Å². The molecule has 2 aliphatic heterocycles. The minimum absolute atomic E-state index is 0.0102. The topological polar surface area (TPSA) is 87.2 Å². The van der Waals surface area contributed by atoms with Crippen LogP contribution in [-0.2, 0) is 0 Å². The number of fused-ring (bicyclic) bond motifs is 1. The van der Waals surface area contributed by atoms with E-state index in [1.807, 2.05) is 12.1 Å². The third kappa shape index (κ3) is 4.06. The van der Waals surface area contributed by atoms with E-state index in [2.05, 4.69) is 35.8 Å². The van der Waals surface area contributed by atoms with E-state index in [1.54, 1.807) is 12.3 Å². The highest BCUT2D eigenvalue weighted by molar-refractivity contribution is 5.72. The standard InChI is InChI=1S/C21H21F2N7O/c22-15-9-13(10-17-20(15)31-8-5-25-17)19-16(23)12-27-21(29-19)28-18-2-1-14(11-26-18)30-6-3-24-4-7-30/h1-2,9-12,24-25H,3-8H2,(H,26,27,28,29). The Hall–Kier alpha value is -3.53. The summed E-state index contributed by atoms with van der Waals surface area (Å²) < 4.78 is 34.2. The molecule has 160 valence electrons. The van der Waals surface area contributed by atoms with Gasteiger partial charge in [-0.15, -0.1) is 0 Å². The van der Waals surface area contributed by atoms with Gasteiger partial charge in [-0.3, -0.25) is 0 Å². The first kappa shape index (κ1) is 19.4. The van der Waals surface area contributed by atoms with Gasteiger partial charge < -0.3 is 25.6 Å². The smallest absolute Gasteiger partial charge is 0.229 e. The summed E-state index contributed by atoms with van der Waals surface area (Å²) in [7, 11) is 0. The molecule has 0 aliphatic carbocycles. The molecule has 3 N–H and O–H groups in total. The van der Waals surface area contributed by atoms with Crippen LogP contribution in [0.5, 0.6) is 5.75 Å². The minimum atomic E-state index is -0.649. The lowest BCUT2D eigenvalue weighted by molar-refractivity contribution is 0.306. The molecule has 10 heteroatoms. The molecule has 5 rings (SSSR count). The van der Waals surface area contributed by atoms with Crippen LogP contribution in [0.25, 0.3) is 11.3 Å². The monoisotopic (exact) mass is 425 g/mol. The molecular formula is C21H21F2N7O. The molecule has 2 aliphatic rings. The molecule has 0 saturated carbocycles. The molecule has 0 bridgehead atoms. The zero-order valence-electron chi connectivity index (χ0n) is 16.7. The quantitative estimate of drug-likeness (QED) is 0.588. The summed E-state index contributed by atoms with van der Waals surface area (Å²) in [6, 6.07) is 6.62. The number of aromatic nitrogens is 3. The predicted molar refractivity (Wildman–Crippen MR) is 114 cm³/mol. The first-order valence-corrected chi connectivity index (χ1v) is 10.1. The molecular weight excluding hydrogens is 404 g/mol. The zero-order valence-corrected chi connectivity index (χ0v) is 16.7. The van der Waals surface area contributed by atoms with E-state index in [-0.39, 0.29) is 17.4 Å². The Bertz CT molecular complexity index is 1090. The minimum Gasteiger partial charge on any atom is -0.486 e. The number of ether oxygens (including phenoxy) is 1. The number of hydrogen-bond donors (Lipinski definition) is 3. The third-order valence-corrected chi connectivity index (χ3v) is 5.19. The van der Waals surface area contributed by atoms with Crippen LogP contribution in [0.4, 0.5) is 31.9 Å². The number of hydrogen-bond acceptors (Lipinski definition) is 8. The fourth-order valence-corrected chi connectivity index (χ4v) is 3.66. The SMILES string of the molecule is Fc1cnc(Nc2ccc(N3CCNCC3)cn2)nc1-c1cc(F)c2c(c1)NCCO2. The summed E-state index contributed by atoms with van der Waals surface area (Å²) in [5, 5.41) is 9.35. The van der Waals surface area contributed by atoms with E-state index in [1.165, 1.54) is 6.07 Å². The van der Waals surface area contributed by atoms with Gasteiger partial charge in [0.25, 0.3) is 0 Å². The Morgan fingerprint density at radius 2 is 1.87 bits per heavy atom. The van der Waals surface area contributed by atoms with Crippen molar-refractivity contribution in [3.8, 4) is 17.0 Å². The summed E-state index contributed by atoms with van der Waals surface area (Å²) in [6.45, 7) is 4.66. The van der Waals surface area contributed by atoms with Crippen molar-refractivity contribution in [2.45, 2.75) is 0 Å². The fraction of sp³-hybridized carbons (Fsp3) is 0.286. The van der Waals surface area contributed by atoms with Crippen molar-refractivity contribution >= 4 is 23.1 Å². The Kier molecular flexibility index (Phi) is 5.21. The Morgan fingerprint density at radius 3 is 2.68 bits per heavy atom. The molecule has 31 heavy (non-hydrogen) atoms. The van der Waals surface area contributed by atoms with Gasteiger partial charge in [0, 0.05) is 38.3 Å². The summed E-state index contributed by atoms with van der Waals surface area (Å²) >= 11 is 0. The number of rotatable bonds is 4. The molecule has 0 atom stereocenters. The van der Waals surface area contributed by atoms with Gasteiger partial charge in [-0.05, 0) is 24.3 Å². The van der Waals surface area contributed by atoms with E-state index < -0.39 is 11.6 Å². The number of benzene rings is 1. The van der Waals surface area contributed by atoms with Gasteiger partial charge in [-0.25, -0.2) is 23.7 Å². The average Bonchev–Trinajstić information content (AvgIpc) is 2.81. The van der Waals surface area contributed by atoms with Crippen LogP contribution < -0.4 is 25.6 Å². The van der Waals surface area contributed by atoms with Crippen molar-refractivity contribution in [1.82, 2.24) is 20.3 Å². The first-order valence-electron chi connectivity index (χ1n) is 10.1. The molecule has 8 nitrogen and oxygen atoms in total. The summed E-state index contributed by atoms with van der Waals surface area (Å²) in [5.41, 5.74) is 1.79. The van der Waals surface area contributed by atoms with Crippen LogP contribution in [0, 0.1) is 11.6 Å². The number of nitrogens with zero attached hydrogens (tertiary/aromatic N) is 4. The molecule has 0 unspecified atom stereocenters. The van der Waals surface area contributed by atoms with Crippen LogP contribution in [-0.4, -0.2) is 54.3 Å². The van der Waals surface area contributed by atoms with Crippen molar-refractivity contribution in [3.05, 3.63) is 48.3 Å².